The molecule has 1 aliphatic carbocycles. The number of para-hydroxylation sites is 3. The molecular formula is C44H30N4. The van der Waals surface area contributed by atoms with E-state index < -0.39 is 5.41 Å². The van der Waals surface area contributed by atoms with Crippen LogP contribution in [0.15, 0.2) is 158 Å². The van der Waals surface area contributed by atoms with Gasteiger partial charge in [0, 0.05) is 11.3 Å². The Labute approximate surface area is 278 Å². The van der Waals surface area contributed by atoms with Crippen LogP contribution in [0, 0.1) is 0 Å². The minimum Gasteiger partial charge on any atom is -0.295 e. The summed E-state index contributed by atoms with van der Waals surface area (Å²) in [7, 11) is 0. The lowest BCUT2D eigenvalue weighted by Crippen LogP contribution is -2.27. The smallest absolute Gasteiger partial charge is 0.145 e. The van der Waals surface area contributed by atoms with Crippen LogP contribution in [0.3, 0.4) is 0 Å². The molecule has 6 aromatic carbocycles. The first-order valence-electron chi connectivity index (χ1n) is 16.4. The minimum atomic E-state index is -0.475. The summed E-state index contributed by atoms with van der Waals surface area (Å²) in [6.45, 7) is 6.37. The largest absolute Gasteiger partial charge is 0.295 e. The summed E-state index contributed by atoms with van der Waals surface area (Å²) in [5.41, 5.74) is 15.4. The summed E-state index contributed by atoms with van der Waals surface area (Å²) in [4.78, 5) is 10.6. The molecule has 8 aromatic rings. The highest BCUT2D eigenvalue weighted by Gasteiger charge is 2.54. The highest BCUT2D eigenvalue weighted by Crippen LogP contribution is 2.60. The Morgan fingerprint density at radius 3 is 2.06 bits per heavy atom. The molecule has 4 heteroatoms. The molecule has 226 valence electrons. The fourth-order valence-corrected chi connectivity index (χ4v) is 8.24. The molecule has 2 aromatic heterocycles. The molecule has 0 fully saturated rings. The quantitative estimate of drug-likeness (QED) is 0.185. The van der Waals surface area contributed by atoms with Crippen LogP contribution in [0.5, 0.6) is 0 Å². The topological polar surface area (TPSA) is 35.6 Å². The molecule has 1 spiro atoms. The molecule has 0 saturated heterocycles. The Bertz CT molecular complexity index is 2620. The number of allylic oxidation sites excluding steroid dienone is 3. The molecule has 0 bridgehead atoms. The Balaban J connectivity index is 1.16. The van der Waals surface area contributed by atoms with Crippen LogP contribution in [0.25, 0.3) is 67.1 Å². The SMILES string of the molecule is C=C(/C=C\C)n1c(-c2cccc(-c3ccc4c(c3)nc3n4-c4ccccc4C34c3ccccc3-c3ccccc34)c2)nc2ccccc21. The van der Waals surface area contributed by atoms with Crippen molar-refractivity contribution in [3.8, 4) is 39.3 Å². The van der Waals surface area contributed by atoms with Crippen molar-refractivity contribution in [1.82, 2.24) is 19.1 Å². The molecule has 10 rings (SSSR count). The normalized spacial score (nSPS) is 13.7. The van der Waals surface area contributed by atoms with Gasteiger partial charge in [-0.1, -0.05) is 116 Å². The maximum atomic E-state index is 5.52. The molecule has 4 nitrogen and oxygen atoms in total. The summed E-state index contributed by atoms with van der Waals surface area (Å²) in [6.07, 6.45) is 4.04. The van der Waals surface area contributed by atoms with Gasteiger partial charge in [0.15, 0.2) is 0 Å². The fraction of sp³-hybridized carbons (Fsp3) is 0.0455. The van der Waals surface area contributed by atoms with Crippen molar-refractivity contribution >= 4 is 27.8 Å². The van der Waals surface area contributed by atoms with Gasteiger partial charge in [-0.15, -0.1) is 0 Å². The highest BCUT2D eigenvalue weighted by molar-refractivity contribution is 5.93. The maximum Gasteiger partial charge on any atom is 0.145 e. The fourth-order valence-electron chi connectivity index (χ4n) is 8.24. The number of hydrogen-bond acceptors (Lipinski definition) is 2. The van der Waals surface area contributed by atoms with Gasteiger partial charge in [-0.05, 0) is 88.3 Å². The van der Waals surface area contributed by atoms with Gasteiger partial charge in [-0.2, -0.15) is 0 Å². The third kappa shape index (κ3) is 3.44. The Kier molecular flexibility index (Phi) is 5.53. The minimum absolute atomic E-state index is 0.475. The summed E-state index contributed by atoms with van der Waals surface area (Å²) in [5, 5.41) is 0. The van der Waals surface area contributed by atoms with Crippen molar-refractivity contribution in [2.75, 3.05) is 0 Å². The van der Waals surface area contributed by atoms with Crippen LogP contribution in [0.2, 0.25) is 0 Å². The van der Waals surface area contributed by atoms with Crippen molar-refractivity contribution in [3.63, 3.8) is 0 Å². The summed E-state index contributed by atoms with van der Waals surface area (Å²) < 4.78 is 4.53. The standard InChI is InChI=1S/C44H30N4/c1-3-13-28(2)47-40-23-11-9-21-37(40)45-42(47)31-15-12-14-29(26-31)30-24-25-41-38(27-30)46-43-44(36-20-8-10-22-39(36)48(41)43)34-18-6-4-16-32(34)33-17-5-7-19-35(33)44/h3-27H,2H2,1H3/b13-3-. The summed E-state index contributed by atoms with van der Waals surface area (Å²) >= 11 is 0. The van der Waals surface area contributed by atoms with E-state index in [1.54, 1.807) is 0 Å². The van der Waals surface area contributed by atoms with E-state index in [9.17, 15) is 0 Å². The number of rotatable bonds is 4. The van der Waals surface area contributed by atoms with E-state index in [1.165, 1.54) is 33.5 Å². The zero-order valence-corrected chi connectivity index (χ0v) is 26.4. The van der Waals surface area contributed by atoms with Crippen molar-refractivity contribution in [2.45, 2.75) is 12.3 Å². The van der Waals surface area contributed by atoms with E-state index in [-0.39, 0.29) is 0 Å². The van der Waals surface area contributed by atoms with Crippen molar-refractivity contribution in [2.24, 2.45) is 0 Å². The predicted octanol–water partition coefficient (Wildman–Crippen LogP) is 10.4. The van der Waals surface area contributed by atoms with Crippen LogP contribution >= 0.6 is 0 Å². The third-order valence-electron chi connectivity index (χ3n) is 10.2. The Morgan fingerprint density at radius 1 is 0.604 bits per heavy atom. The van der Waals surface area contributed by atoms with E-state index in [0.29, 0.717) is 0 Å². The first-order chi connectivity index (χ1) is 23.7. The van der Waals surface area contributed by atoms with Crippen LogP contribution in [-0.2, 0) is 5.41 Å². The van der Waals surface area contributed by atoms with Gasteiger partial charge in [0.05, 0.1) is 27.8 Å². The van der Waals surface area contributed by atoms with Gasteiger partial charge in [0.1, 0.15) is 17.1 Å². The van der Waals surface area contributed by atoms with Gasteiger partial charge in [0.25, 0.3) is 0 Å². The maximum absolute atomic E-state index is 5.52. The molecule has 48 heavy (non-hydrogen) atoms. The summed E-state index contributed by atoms with van der Waals surface area (Å²) in [5.74, 6) is 1.93. The second kappa shape index (κ2) is 9.87. The van der Waals surface area contributed by atoms with Gasteiger partial charge in [-0.25, -0.2) is 9.97 Å². The Morgan fingerprint density at radius 2 is 1.27 bits per heavy atom. The van der Waals surface area contributed by atoms with Gasteiger partial charge in [0.2, 0.25) is 0 Å². The van der Waals surface area contributed by atoms with Crippen LogP contribution in [-0.4, -0.2) is 19.1 Å². The molecule has 0 N–H and O–H groups in total. The number of fused-ring (bicyclic) bond motifs is 13. The first kappa shape index (κ1) is 26.9. The average Bonchev–Trinajstić information content (AvgIpc) is 3.86. The molecule has 0 atom stereocenters. The van der Waals surface area contributed by atoms with E-state index in [4.69, 9.17) is 9.97 Å². The first-order valence-corrected chi connectivity index (χ1v) is 16.4. The second-order valence-corrected chi connectivity index (χ2v) is 12.7. The van der Waals surface area contributed by atoms with Crippen molar-refractivity contribution in [1.29, 1.82) is 0 Å². The lowest BCUT2D eigenvalue weighted by molar-refractivity contribution is 0.738. The number of imidazole rings is 2. The number of benzene rings is 6. The molecule has 3 heterocycles. The number of nitrogens with zero attached hydrogens (tertiary/aromatic N) is 4. The Hall–Kier alpha value is -6.26. The third-order valence-corrected chi connectivity index (χ3v) is 10.2. The molecule has 0 saturated carbocycles. The van der Waals surface area contributed by atoms with Crippen molar-refractivity contribution < 1.29 is 0 Å². The van der Waals surface area contributed by atoms with E-state index in [2.05, 4.69) is 143 Å². The lowest BCUT2D eigenvalue weighted by atomic mass is 9.73. The summed E-state index contributed by atoms with van der Waals surface area (Å²) in [6, 6.07) is 50.1. The molecule has 0 amide bonds. The predicted molar refractivity (Wildman–Crippen MR) is 196 cm³/mol. The number of aromatic nitrogens is 4. The monoisotopic (exact) mass is 614 g/mol. The van der Waals surface area contributed by atoms with Crippen molar-refractivity contribution in [3.05, 3.63) is 181 Å². The average molecular weight is 615 g/mol. The molecule has 0 radical (unpaired) electrons. The highest BCUT2D eigenvalue weighted by atomic mass is 15.1. The molecule has 2 aliphatic rings. The molecular weight excluding hydrogens is 585 g/mol. The molecule has 0 unspecified atom stereocenters. The van der Waals surface area contributed by atoms with E-state index >= 15 is 0 Å². The van der Waals surface area contributed by atoms with Gasteiger partial charge < -0.3 is 0 Å². The van der Waals surface area contributed by atoms with E-state index in [1.807, 2.05) is 31.2 Å². The van der Waals surface area contributed by atoms with Crippen LogP contribution in [0.4, 0.5) is 0 Å². The van der Waals surface area contributed by atoms with Gasteiger partial charge in [-0.3, -0.25) is 9.13 Å². The zero-order chi connectivity index (χ0) is 32.0. The molecule has 1 aliphatic heterocycles. The van der Waals surface area contributed by atoms with Crippen LogP contribution in [0.1, 0.15) is 29.4 Å². The lowest BCUT2D eigenvalue weighted by Gasteiger charge is -2.27. The second-order valence-electron chi connectivity index (χ2n) is 12.7. The van der Waals surface area contributed by atoms with Gasteiger partial charge >= 0.3 is 0 Å². The van der Waals surface area contributed by atoms with E-state index in [0.717, 1.165) is 56.1 Å². The number of hydrogen-bond donors (Lipinski definition) is 0. The zero-order valence-electron chi connectivity index (χ0n) is 26.4. The van der Waals surface area contributed by atoms with Crippen LogP contribution < -0.4 is 0 Å².